The standard InChI is InChI=1S/C22H25N3O5S/c1-30-20-7-3-2-6-18(20)23-21(26)15-25-19-10-9-17(14-16(19)8-11-22(25)27)31(28,29)24-12-4-5-13-24/h2-3,6-7,9-10,14H,4-5,8,11-13,15H2,1H3,(H,23,26). The second-order valence-corrected chi connectivity index (χ2v) is 9.57. The number of hydrogen-bond donors (Lipinski definition) is 1. The molecule has 164 valence electrons. The number of para-hydroxylation sites is 2. The average Bonchev–Trinajstić information content (AvgIpc) is 3.32. The quantitative estimate of drug-likeness (QED) is 0.740. The van der Waals surface area contributed by atoms with Gasteiger partial charge in [-0.3, -0.25) is 9.59 Å². The topological polar surface area (TPSA) is 96.0 Å². The van der Waals surface area contributed by atoms with Gasteiger partial charge in [0.2, 0.25) is 21.8 Å². The molecule has 0 unspecified atom stereocenters. The molecule has 9 heteroatoms. The first-order chi connectivity index (χ1) is 14.9. The molecule has 0 atom stereocenters. The van der Waals surface area contributed by atoms with Crippen molar-refractivity contribution >= 4 is 33.2 Å². The summed E-state index contributed by atoms with van der Waals surface area (Å²) in [6.45, 7) is 0.905. The van der Waals surface area contributed by atoms with Crippen LogP contribution in [-0.4, -0.2) is 51.3 Å². The van der Waals surface area contributed by atoms with Gasteiger partial charge in [-0.05, 0) is 55.2 Å². The zero-order valence-electron chi connectivity index (χ0n) is 17.3. The van der Waals surface area contributed by atoms with Crippen molar-refractivity contribution in [3.8, 4) is 5.75 Å². The van der Waals surface area contributed by atoms with Crippen LogP contribution in [0.25, 0.3) is 0 Å². The summed E-state index contributed by atoms with van der Waals surface area (Å²) in [7, 11) is -2.02. The molecule has 2 aromatic carbocycles. The molecule has 0 saturated carbocycles. The van der Waals surface area contributed by atoms with E-state index in [4.69, 9.17) is 4.74 Å². The lowest BCUT2D eigenvalue weighted by molar-refractivity contribution is -0.121. The van der Waals surface area contributed by atoms with E-state index < -0.39 is 10.0 Å². The molecular weight excluding hydrogens is 418 g/mol. The Hall–Kier alpha value is -2.91. The number of hydrogen-bond acceptors (Lipinski definition) is 5. The molecule has 2 aliphatic heterocycles. The highest BCUT2D eigenvalue weighted by atomic mass is 32.2. The van der Waals surface area contributed by atoms with Crippen molar-refractivity contribution in [3.05, 3.63) is 48.0 Å². The van der Waals surface area contributed by atoms with Crippen molar-refractivity contribution in [2.75, 3.05) is 37.0 Å². The molecule has 2 heterocycles. The lowest BCUT2D eigenvalue weighted by atomic mass is 10.0. The van der Waals surface area contributed by atoms with Crippen LogP contribution in [0.2, 0.25) is 0 Å². The summed E-state index contributed by atoms with van der Waals surface area (Å²) in [5, 5.41) is 2.77. The van der Waals surface area contributed by atoms with Crippen molar-refractivity contribution in [1.29, 1.82) is 0 Å². The van der Waals surface area contributed by atoms with Crippen LogP contribution in [0.15, 0.2) is 47.4 Å². The molecular formula is C22H25N3O5S. The number of fused-ring (bicyclic) bond motifs is 1. The lowest BCUT2D eigenvalue weighted by Gasteiger charge is -2.29. The summed E-state index contributed by atoms with van der Waals surface area (Å²) in [5.74, 6) is -0.00438. The first kappa shape index (κ1) is 21.3. The van der Waals surface area contributed by atoms with Gasteiger partial charge in [-0.2, -0.15) is 4.31 Å². The van der Waals surface area contributed by atoms with Crippen LogP contribution in [0.4, 0.5) is 11.4 Å². The van der Waals surface area contributed by atoms with Gasteiger partial charge >= 0.3 is 0 Å². The van der Waals surface area contributed by atoms with E-state index in [-0.39, 0.29) is 29.7 Å². The normalized spacial score (nSPS) is 16.8. The van der Waals surface area contributed by atoms with Crippen molar-refractivity contribution in [1.82, 2.24) is 4.31 Å². The number of carbonyl (C=O) groups excluding carboxylic acids is 2. The number of anilines is 2. The first-order valence-corrected chi connectivity index (χ1v) is 11.7. The molecule has 0 spiro atoms. The predicted molar refractivity (Wildman–Crippen MR) is 117 cm³/mol. The third kappa shape index (κ3) is 4.28. The number of amides is 2. The van der Waals surface area contributed by atoms with Crippen LogP contribution in [0, 0.1) is 0 Å². The molecule has 2 amide bonds. The van der Waals surface area contributed by atoms with Crippen LogP contribution in [-0.2, 0) is 26.0 Å². The Balaban J connectivity index is 1.55. The number of aryl methyl sites for hydroxylation is 1. The van der Waals surface area contributed by atoms with Gasteiger partial charge in [-0.1, -0.05) is 12.1 Å². The highest BCUT2D eigenvalue weighted by Crippen LogP contribution is 2.32. The van der Waals surface area contributed by atoms with Gasteiger partial charge in [0, 0.05) is 25.2 Å². The number of rotatable bonds is 6. The van der Waals surface area contributed by atoms with Gasteiger partial charge in [-0.25, -0.2) is 8.42 Å². The molecule has 4 rings (SSSR count). The van der Waals surface area contributed by atoms with Crippen LogP contribution in [0.1, 0.15) is 24.8 Å². The van der Waals surface area contributed by atoms with Gasteiger partial charge in [0.05, 0.1) is 17.7 Å². The Morgan fingerprint density at radius 3 is 2.58 bits per heavy atom. The average molecular weight is 444 g/mol. The SMILES string of the molecule is COc1ccccc1NC(=O)CN1C(=O)CCc2cc(S(=O)(=O)N3CCCC3)ccc21. The first-order valence-electron chi connectivity index (χ1n) is 10.3. The Morgan fingerprint density at radius 1 is 1.10 bits per heavy atom. The van der Waals surface area contributed by atoms with Crippen LogP contribution in [0.5, 0.6) is 5.75 Å². The zero-order valence-corrected chi connectivity index (χ0v) is 18.2. The maximum Gasteiger partial charge on any atom is 0.244 e. The number of benzene rings is 2. The van der Waals surface area contributed by atoms with Gasteiger partial charge < -0.3 is 15.0 Å². The highest BCUT2D eigenvalue weighted by molar-refractivity contribution is 7.89. The van der Waals surface area contributed by atoms with E-state index in [1.165, 1.54) is 22.4 Å². The molecule has 0 bridgehead atoms. The number of sulfonamides is 1. The van der Waals surface area contributed by atoms with E-state index in [1.807, 2.05) is 0 Å². The number of carbonyl (C=O) groups is 2. The number of methoxy groups -OCH3 is 1. The Bertz CT molecular complexity index is 1110. The third-order valence-electron chi connectivity index (χ3n) is 5.64. The smallest absolute Gasteiger partial charge is 0.244 e. The van der Waals surface area contributed by atoms with Crippen LogP contribution < -0.4 is 15.0 Å². The van der Waals surface area contributed by atoms with E-state index >= 15 is 0 Å². The molecule has 0 aromatic heterocycles. The molecule has 0 radical (unpaired) electrons. The van der Waals surface area contributed by atoms with E-state index in [0.717, 1.165) is 18.4 Å². The summed E-state index contributed by atoms with van der Waals surface area (Å²) in [6.07, 6.45) is 2.41. The Labute approximate surface area is 181 Å². The third-order valence-corrected chi connectivity index (χ3v) is 7.53. The maximum atomic E-state index is 12.9. The molecule has 0 aliphatic carbocycles. The fourth-order valence-electron chi connectivity index (χ4n) is 4.03. The van der Waals surface area contributed by atoms with Crippen molar-refractivity contribution < 1.29 is 22.7 Å². The van der Waals surface area contributed by atoms with E-state index in [9.17, 15) is 18.0 Å². The van der Waals surface area contributed by atoms with Gasteiger partial charge in [-0.15, -0.1) is 0 Å². The molecule has 2 aliphatic rings. The van der Waals surface area contributed by atoms with E-state index in [0.29, 0.717) is 36.6 Å². The second kappa shape index (κ2) is 8.68. The lowest BCUT2D eigenvalue weighted by Crippen LogP contribution is -2.41. The second-order valence-electron chi connectivity index (χ2n) is 7.63. The van der Waals surface area contributed by atoms with Crippen molar-refractivity contribution in [2.45, 2.75) is 30.6 Å². The molecule has 8 nitrogen and oxygen atoms in total. The van der Waals surface area contributed by atoms with Crippen LogP contribution in [0.3, 0.4) is 0 Å². The minimum Gasteiger partial charge on any atom is -0.495 e. The Kier molecular flexibility index (Phi) is 5.97. The summed E-state index contributed by atoms with van der Waals surface area (Å²) in [4.78, 5) is 26.8. The fraction of sp³-hybridized carbons (Fsp3) is 0.364. The predicted octanol–water partition coefficient (Wildman–Crippen LogP) is 2.40. The fourth-order valence-corrected chi connectivity index (χ4v) is 5.60. The van der Waals surface area contributed by atoms with Crippen molar-refractivity contribution in [3.63, 3.8) is 0 Å². The largest absolute Gasteiger partial charge is 0.495 e. The summed E-state index contributed by atoms with van der Waals surface area (Å²) >= 11 is 0. The summed E-state index contributed by atoms with van der Waals surface area (Å²) in [6, 6.07) is 11.8. The molecule has 2 aromatic rings. The monoisotopic (exact) mass is 443 g/mol. The zero-order chi connectivity index (χ0) is 22.0. The molecule has 1 saturated heterocycles. The summed E-state index contributed by atoms with van der Waals surface area (Å²) < 4.78 is 32.5. The minimum absolute atomic E-state index is 0.165. The highest BCUT2D eigenvalue weighted by Gasteiger charge is 2.31. The molecule has 31 heavy (non-hydrogen) atoms. The summed E-state index contributed by atoms with van der Waals surface area (Å²) in [5.41, 5.74) is 1.85. The minimum atomic E-state index is -3.54. The number of nitrogens with one attached hydrogen (secondary N) is 1. The van der Waals surface area contributed by atoms with Crippen LogP contribution >= 0.6 is 0 Å². The molecule has 1 N–H and O–H groups in total. The molecule has 1 fully saturated rings. The van der Waals surface area contributed by atoms with Crippen molar-refractivity contribution in [2.24, 2.45) is 0 Å². The van der Waals surface area contributed by atoms with E-state index in [1.54, 1.807) is 36.4 Å². The number of nitrogens with zero attached hydrogens (tertiary/aromatic N) is 2. The van der Waals surface area contributed by atoms with Gasteiger partial charge in [0.15, 0.2) is 0 Å². The van der Waals surface area contributed by atoms with E-state index in [2.05, 4.69) is 5.32 Å². The maximum absolute atomic E-state index is 12.9. The van der Waals surface area contributed by atoms with Gasteiger partial charge in [0.1, 0.15) is 12.3 Å². The Morgan fingerprint density at radius 2 is 1.84 bits per heavy atom. The van der Waals surface area contributed by atoms with Gasteiger partial charge in [0.25, 0.3) is 0 Å². The number of ether oxygens (including phenoxy) is 1.